The Morgan fingerprint density at radius 1 is 0.909 bits per heavy atom. The smallest absolute Gasteiger partial charge is 0.262 e. The van der Waals surface area contributed by atoms with Gasteiger partial charge in [0, 0.05) is 11.4 Å². The van der Waals surface area contributed by atoms with Crippen LogP contribution in [0.2, 0.25) is 0 Å². The Morgan fingerprint density at radius 3 is 2.45 bits per heavy atom. The van der Waals surface area contributed by atoms with Gasteiger partial charge < -0.3 is 9.73 Å². The van der Waals surface area contributed by atoms with E-state index in [1.807, 2.05) is 66.7 Å². The molecule has 1 atom stereocenters. The first kappa shape index (κ1) is 12.7. The van der Waals surface area contributed by atoms with Crippen molar-refractivity contribution < 1.29 is 9.21 Å². The number of nitrogens with zero attached hydrogens (tertiary/aromatic N) is 1. The second kappa shape index (κ2) is 5.07. The third-order valence-electron chi connectivity index (χ3n) is 3.77. The lowest BCUT2D eigenvalue weighted by molar-refractivity contribution is 0.0972. The predicted molar refractivity (Wildman–Crippen MR) is 84.8 cm³/mol. The van der Waals surface area contributed by atoms with Crippen LogP contribution < -0.4 is 10.2 Å². The van der Waals surface area contributed by atoms with Gasteiger partial charge in [0.2, 0.25) is 0 Å². The fourth-order valence-electron chi connectivity index (χ4n) is 2.75. The average Bonchev–Trinajstić information content (AvgIpc) is 3.10. The van der Waals surface area contributed by atoms with Crippen LogP contribution in [0.5, 0.6) is 0 Å². The third kappa shape index (κ3) is 1.97. The number of fused-ring (bicyclic) bond motifs is 1. The Balaban J connectivity index is 1.87. The molecule has 3 aromatic rings. The molecule has 0 aliphatic carbocycles. The zero-order chi connectivity index (χ0) is 14.9. The van der Waals surface area contributed by atoms with E-state index < -0.39 is 0 Å². The molecule has 0 saturated heterocycles. The average molecular weight is 290 g/mol. The van der Waals surface area contributed by atoms with E-state index in [2.05, 4.69) is 5.32 Å². The molecular weight excluding hydrogens is 276 g/mol. The Kier molecular flexibility index (Phi) is 2.93. The van der Waals surface area contributed by atoms with Crippen LogP contribution in [0.3, 0.4) is 0 Å². The van der Waals surface area contributed by atoms with Gasteiger partial charge in [-0.25, -0.2) is 0 Å². The summed E-state index contributed by atoms with van der Waals surface area (Å²) in [5.41, 5.74) is 2.31. The Morgan fingerprint density at radius 2 is 1.68 bits per heavy atom. The molecular formula is C18H14N2O2. The molecule has 0 fully saturated rings. The molecule has 1 aromatic heterocycles. The molecule has 0 saturated carbocycles. The van der Waals surface area contributed by atoms with Gasteiger partial charge in [-0.05, 0) is 36.4 Å². The highest BCUT2D eigenvalue weighted by molar-refractivity contribution is 6.12. The lowest BCUT2D eigenvalue weighted by Crippen LogP contribution is -2.43. The molecule has 4 nitrogen and oxygen atoms in total. The number of amides is 1. The second-order valence-electron chi connectivity index (χ2n) is 5.12. The normalized spacial score (nSPS) is 17.0. The number of hydrogen-bond donors (Lipinski definition) is 1. The number of benzene rings is 2. The molecule has 1 amide bonds. The van der Waals surface area contributed by atoms with Crippen molar-refractivity contribution in [2.24, 2.45) is 0 Å². The number of rotatable bonds is 2. The number of nitrogens with one attached hydrogen (secondary N) is 1. The molecule has 2 heterocycles. The number of hydrogen-bond acceptors (Lipinski definition) is 3. The van der Waals surface area contributed by atoms with Gasteiger partial charge in [0.25, 0.3) is 5.91 Å². The maximum Gasteiger partial charge on any atom is 0.262 e. The minimum atomic E-state index is -0.361. The molecule has 4 heteroatoms. The van der Waals surface area contributed by atoms with Gasteiger partial charge in [-0.2, -0.15) is 0 Å². The number of anilines is 2. The molecule has 0 spiro atoms. The van der Waals surface area contributed by atoms with Crippen LogP contribution in [0, 0.1) is 0 Å². The molecule has 1 unspecified atom stereocenters. The zero-order valence-corrected chi connectivity index (χ0v) is 11.8. The van der Waals surface area contributed by atoms with E-state index in [-0.39, 0.29) is 12.1 Å². The topological polar surface area (TPSA) is 45.5 Å². The molecule has 1 N–H and O–H groups in total. The minimum absolute atomic E-state index is 0.0399. The van der Waals surface area contributed by atoms with Gasteiger partial charge in [0.05, 0.1) is 11.8 Å². The summed E-state index contributed by atoms with van der Waals surface area (Å²) >= 11 is 0. The highest BCUT2D eigenvalue weighted by Crippen LogP contribution is 2.36. The fraction of sp³-hybridized carbons (Fsp3) is 0.0556. The van der Waals surface area contributed by atoms with E-state index >= 15 is 0 Å². The SMILES string of the molecule is O=C1c2ccccc2NC(c2ccco2)N1c1ccccc1. The third-order valence-corrected chi connectivity index (χ3v) is 3.77. The highest BCUT2D eigenvalue weighted by Gasteiger charge is 2.35. The van der Waals surface area contributed by atoms with Crippen molar-refractivity contribution in [1.29, 1.82) is 0 Å². The van der Waals surface area contributed by atoms with E-state index in [9.17, 15) is 4.79 Å². The first-order valence-corrected chi connectivity index (χ1v) is 7.12. The number of carbonyl (C=O) groups is 1. The molecule has 0 bridgehead atoms. The number of furan rings is 1. The van der Waals surface area contributed by atoms with E-state index in [0.717, 1.165) is 11.4 Å². The first-order valence-electron chi connectivity index (χ1n) is 7.12. The largest absolute Gasteiger partial charge is 0.465 e. The molecule has 4 rings (SSSR count). The van der Waals surface area contributed by atoms with E-state index in [1.165, 1.54) is 0 Å². The predicted octanol–water partition coefficient (Wildman–Crippen LogP) is 4.05. The van der Waals surface area contributed by atoms with Crippen LogP contribution in [0.25, 0.3) is 0 Å². The molecule has 0 radical (unpaired) electrons. The quantitative estimate of drug-likeness (QED) is 0.774. The van der Waals surface area contributed by atoms with Gasteiger partial charge in [0.15, 0.2) is 6.17 Å². The lowest BCUT2D eigenvalue weighted by Gasteiger charge is -2.36. The monoisotopic (exact) mass is 290 g/mol. The summed E-state index contributed by atoms with van der Waals surface area (Å²) in [5, 5.41) is 3.39. The summed E-state index contributed by atoms with van der Waals surface area (Å²) in [5.74, 6) is 0.661. The van der Waals surface area contributed by atoms with Gasteiger partial charge in [-0.1, -0.05) is 30.3 Å². The van der Waals surface area contributed by atoms with E-state index in [1.54, 1.807) is 11.2 Å². The van der Waals surface area contributed by atoms with Gasteiger partial charge in [0.1, 0.15) is 5.76 Å². The van der Waals surface area contributed by atoms with Crippen LogP contribution in [0.4, 0.5) is 11.4 Å². The van der Waals surface area contributed by atoms with Crippen LogP contribution >= 0.6 is 0 Å². The lowest BCUT2D eigenvalue weighted by atomic mass is 10.1. The fourth-order valence-corrected chi connectivity index (χ4v) is 2.75. The van der Waals surface area contributed by atoms with Crippen molar-refractivity contribution in [1.82, 2.24) is 0 Å². The van der Waals surface area contributed by atoms with Gasteiger partial charge >= 0.3 is 0 Å². The number of carbonyl (C=O) groups excluding carboxylic acids is 1. The molecule has 1 aliphatic heterocycles. The van der Waals surface area contributed by atoms with Crippen LogP contribution in [0.1, 0.15) is 22.3 Å². The van der Waals surface area contributed by atoms with Crippen molar-refractivity contribution in [2.75, 3.05) is 10.2 Å². The van der Waals surface area contributed by atoms with Crippen molar-refractivity contribution in [2.45, 2.75) is 6.17 Å². The summed E-state index contributed by atoms with van der Waals surface area (Å²) in [6.07, 6.45) is 1.25. The van der Waals surface area contributed by atoms with Crippen molar-refractivity contribution in [3.05, 3.63) is 84.3 Å². The summed E-state index contributed by atoms with van der Waals surface area (Å²) in [6, 6.07) is 20.8. The maximum absolute atomic E-state index is 13.0. The number of para-hydroxylation sites is 2. The van der Waals surface area contributed by atoms with Gasteiger partial charge in [-0.3, -0.25) is 9.69 Å². The van der Waals surface area contributed by atoms with Crippen LogP contribution in [-0.2, 0) is 0 Å². The van der Waals surface area contributed by atoms with Crippen LogP contribution in [-0.4, -0.2) is 5.91 Å². The second-order valence-corrected chi connectivity index (χ2v) is 5.12. The molecule has 2 aromatic carbocycles. The Labute approximate surface area is 128 Å². The molecule has 1 aliphatic rings. The van der Waals surface area contributed by atoms with Crippen LogP contribution in [0.15, 0.2) is 77.4 Å². The Bertz CT molecular complexity index is 797. The first-order chi connectivity index (χ1) is 10.8. The van der Waals surface area contributed by atoms with Gasteiger partial charge in [-0.15, -0.1) is 0 Å². The summed E-state index contributed by atoms with van der Waals surface area (Å²) in [7, 11) is 0. The van der Waals surface area contributed by atoms with E-state index in [4.69, 9.17) is 4.42 Å². The Hall–Kier alpha value is -3.01. The summed E-state index contributed by atoms with van der Waals surface area (Å²) in [6.45, 7) is 0. The van der Waals surface area contributed by atoms with E-state index in [0.29, 0.717) is 11.3 Å². The minimum Gasteiger partial charge on any atom is -0.465 e. The maximum atomic E-state index is 13.0. The highest BCUT2D eigenvalue weighted by atomic mass is 16.3. The zero-order valence-electron chi connectivity index (χ0n) is 11.8. The summed E-state index contributed by atoms with van der Waals surface area (Å²) in [4.78, 5) is 14.7. The summed E-state index contributed by atoms with van der Waals surface area (Å²) < 4.78 is 5.53. The van der Waals surface area contributed by atoms with Crippen molar-refractivity contribution in [3.63, 3.8) is 0 Å². The van der Waals surface area contributed by atoms with Crippen molar-refractivity contribution >= 4 is 17.3 Å². The van der Waals surface area contributed by atoms with Crippen molar-refractivity contribution in [3.8, 4) is 0 Å². The molecule has 108 valence electrons. The molecule has 22 heavy (non-hydrogen) atoms. The standard InChI is InChI=1S/C18H14N2O2/c21-18-14-9-4-5-10-15(14)19-17(16-11-6-12-22-16)20(18)13-7-2-1-3-8-13/h1-12,17,19H.